The molecule has 2 N–H and O–H groups in total. The summed E-state index contributed by atoms with van der Waals surface area (Å²) in [5, 5.41) is 0. The zero-order valence-corrected chi connectivity index (χ0v) is 15.5. The number of ether oxygens (including phenoxy) is 2. The summed E-state index contributed by atoms with van der Waals surface area (Å²) in [4.78, 5) is 14.1. The molecular weight excluding hydrogens is 328 g/mol. The molecule has 0 bridgehead atoms. The lowest BCUT2D eigenvalue weighted by molar-refractivity contribution is -0.00959. The molecule has 1 aromatic rings. The van der Waals surface area contributed by atoms with E-state index in [1.807, 2.05) is 4.90 Å². The van der Waals surface area contributed by atoms with E-state index in [0.29, 0.717) is 18.4 Å². The van der Waals surface area contributed by atoms with Gasteiger partial charge < -0.3 is 15.2 Å². The summed E-state index contributed by atoms with van der Waals surface area (Å²) in [6, 6.07) is 11.0. The van der Waals surface area contributed by atoms with E-state index in [0.717, 1.165) is 38.5 Å². The average Bonchev–Trinajstić information content (AvgIpc) is 2.85. The molecule has 142 valence electrons. The van der Waals surface area contributed by atoms with Crippen molar-refractivity contribution in [2.24, 2.45) is 11.7 Å². The Hall–Kier alpha value is -1.59. The van der Waals surface area contributed by atoms with E-state index in [2.05, 4.69) is 30.3 Å². The minimum Gasteiger partial charge on any atom is -0.453 e. The molecule has 0 aromatic heterocycles. The largest absolute Gasteiger partial charge is 0.453 e. The van der Waals surface area contributed by atoms with Gasteiger partial charge in [-0.05, 0) is 55.9 Å². The highest BCUT2D eigenvalue weighted by Gasteiger charge is 2.54. The SMILES string of the molecule is COC(=O)N1C(CO[C@H]2CC[C@@H](c3ccccc3)CC2)[C@@H](N)[C@H]2CC[C@H]21. The van der Waals surface area contributed by atoms with Crippen molar-refractivity contribution in [1.82, 2.24) is 4.90 Å². The van der Waals surface area contributed by atoms with Gasteiger partial charge in [-0.15, -0.1) is 0 Å². The molecule has 2 saturated carbocycles. The monoisotopic (exact) mass is 358 g/mol. The van der Waals surface area contributed by atoms with Crippen molar-refractivity contribution in [3.63, 3.8) is 0 Å². The van der Waals surface area contributed by atoms with Crippen LogP contribution in [0.5, 0.6) is 0 Å². The van der Waals surface area contributed by atoms with E-state index in [4.69, 9.17) is 15.2 Å². The van der Waals surface area contributed by atoms with Gasteiger partial charge >= 0.3 is 6.09 Å². The number of carbonyl (C=O) groups is 1. The molecule has 4 rings (SSSR count). The van der Waals surface area contributed by atoms with Crippen LogP contribution >= 0.6 is 0 Å². The zero-order chi connectivity index (χ0) is 18.1. The van der Waals surface area contributed by atoms with Crippen LogP contribution in [0.1, 0.15) is 50.0 Å². The number of carbonyl (C=O) groups excluding carboxylic acids is 1. The second kappa shape index (κ2) is 7.57. The van der Waals surface area contributed by atoms with Crippen LogP contribution in [0.4, 0.5) is 4.79 Å². The number of nitrogens with zero attached hydrogens (tertiary/aromatic N) is 1. The first-order valence-corrected chi connectivity index (χ1v) is 9.97. The standard InChI is InChI=1S/C21H30N2O3/c1-25-21(24)23-18-12-11-17(18)20(22)19(23)13-26-16-9-7-15(8-10-16)14-5-3-2-4-6-14/h2-6,15-20H,7-13,22H2,1H3/t15-,16+,17-,18+,19?,20-/m0/s1. The van der Waals surface area contributed by atoms with Crippen LogP contribution in [-0.4, -0.2) is 48.9 Å². The van der Waals surface area contributed by atoms with Crippen LogP contribution in [0.2, 0.25) is 0 Å². The molecule has 1 aliphatic heterocycles. The predicted molar refractivity (Wildman–Crippen MR) is 99.9 cm³/mol. The molecule has 1 aromatic carbocycles. The molecule has 3 fully saturated rings. The Morgan fingerprint density at radius 3 is 2.46 bits per heavy atom. The maximum absolute atomic E-state index is 12.2. The summed E-state index contributed by atoms with van der Waals surface area (Å²) in [6.07, 6.45) is 6.65. The highest BCUT2D eigenvalue weighted by molar-refractivity contribution is 5.69. The second-order valence-corrected chi connectivity index (χ2v) is 8.05. The molecule has 1 saturated heterocycles. The van der Waals surface area contributed by atoms with Crippen molar-refractivity contribution in [3.8, 4) is 0 Å². The molecule has 0 spiro atoms. The predicted octanol–water partition coefficient (Wildman–Crippen LogP) is 3.29. The van der Waals surface area contributed by atoms with E-state index in [-0.39, 0.29) is 30.3 Å². The topological polar surface area (TPSA) is 64.8 Å². The van der Waals surface area contributed by atoms with Crippen molar-refractivity contribution in [1.29, 1.82) is 0 Å². The normalized spacial score (nSPS) is 36.3. The van der Waals surface area contributed by atoms with Gasteiger partial charge in [0.2, 0.25) is 0 Å². The number of likely N-dealkylation sites (tertiary alicyclic amines) is 1. The third kappa shape index (κ3) is 3.23. The first-order valence-electron chi connectivity index (χ1n) is 9.97. The van der Waals surface area contributed by atoms with Crippen LogP contribution in [0.25, 0.3) is 0 Å². The Balaban J connectivity index is 1.31. The van der Waals surface area contributed by atoms with Crippen molar-refractivity contribution in [3.05, 3.63) is 35.9 Å². The maximum Gasteiger partial charge on any atom is 0.410 e. The maximum atomic E-state index is 12.2. The van der Waals surface area contributed by atoms with E-state index < -0.39 is 0 Å². The van der Waals surface area contributed by atoms with Gasteiger partial charge in [0.15, 0.2) is 0 Å². The molecule has 2 aliphatic carbocycles. The number of hydrogen-bond acceptors (Lipinski definition) is 4. The Morgan fingerprint density at radius 2 is 1.85 bits per heavy atom. The third-order valence-electron chi connectivity index (χ3n) is 6.78. The first-order chi connectivity index (χ1) is 12.7. The minimum atomic E-state index is -0.256. The van der Waals surface area contributed by atoms with Crippen molar-refractivity contribution < 1.29 is 14.3 Å². The summed E-state index contributed by atoms with van der Waals surface area (Å²) < 4.78 is 11.2. The van der Waals surface area contributed by atoms with E-state index >= 15 is 0 Å². The molecule has 5 nitrogen and oxygen atoms in total. The number of benzene rings is 1. The number of amides is 1. The van der Waals surface area contributed by atoms with Crippen LogP contribution < -0.4 is 5.73 Å². The van der Waals surface area contributed by atoms with Crippen LogP contribution in [0, 0.1) is 5.92 Å². The summed E-state index contributed by atoms with van der Waals surface area (Å²) >= 11 is 0. The zero-order valence-electron chi connectivity index (χ0n) is 15.5. The summed E-state index contributed by atoms with van der Waals surface area (Å²) in [7, 11) is 1.45. The van der Waals surface area contributed by atoms with Crippen molar-refractivity contribution in [2.45, 2.75) is 68.7 Å². The number of rotatable bonds is 4. The van der Waals surface area contributed by atoms with E-state index in [1.165, 1.54) is 12.7 Å². The fraction of sp³-hybridized carbons (Fsp3) is 0.667. The molecule has 0 radical (unpaired) electrons. The van der Waals surface area contributed by atoms with Crippen molar-refractivity contribution in [2.75, 3.05) is 13.7 Å². The number of hydrogen-bond donors (Lipinski definition) is 1. The van der Waals surface area contributed by atoms with Crippen LogP contribution in [0.3, 0.4) is 0 Å². The number of fused-ring (bicyclic) bond motifs is 1. The molecular formula is C21H30N2O3. The molecule has 1 heterocycles. The molecule has 1 unspecified atom stereocenters. The second-order valence-electron chi connectivity index (χ2n) is 8.05. The smallest absolute Gasteiger partial charge is 0.410 e. The number of nitrogens with two attached hydrogens (primary N) is 1. The third-order valence-corrected chi connectivity index (χ3v) is 6.78. The molecule has 26 heavy (non-hydrogen) atoms. The Labute approximate surface area is 155 Å². The van der Waals surface area contributed by atoms with Gasteiger partial charge in [-0.1, -0.05) is 30.3 Å². The van der Waals surface area contributed by atoms with Gasteiger partial charge in [-0.25, -0.2) is 4.79 Å². The average molecular weight is 358 g/mol. The van der Waals surface area contributed by atoms with Gasteiger partial charge in [-0.2, -0.15) is 0 Å². The molecule has 1 amide bonds. The highest BCUT2D eigenvalue weighted by atomic mass is 16.5. The lowest BCUT2D eigenvalue weighted by Crippen LogP contribution is -2.48. The van der Waals surface area contributed by atoms with E-state index in [1.54, 1.807) is 0 Å². The van der Waals surface area contributed by atoms with Crippen molar-refractivity contribution >= 4 is 6.09 Å². The Bertz CT molecular complexity index is 615. The molecule has 5 heteroatoms. The summed E-state index contributed by atoms with van der Waals surface area (Å²) in [5.74, 6) is 1.06. The Morgan fingerprint density at radius 1 is 1.12 bits per heavy atom. The van der Waals surface area contributed by atoms with Gasteiger partial charge in [0, 0.05) is 12.1 Å². The molecule has 4 atom stereocenters. The summed E-state index contributed by atoms with van der Waals surface area (Å²) in [5.41, 5.74) is 7.87. The van der Waals surface area contributed by atoms with Gasteiger partial charge in [0.05, 0.1) is 25.9 Å². The lowest BCUT2D eigenvalue weighted by Gasteiger charge is -2.36. The van der Waals surface area contributed by atoms with Crippen LogP contribution in [0.15, 0.2) is 30.3 Å². The van der Waals surface area contributed by atoms with E-state index in [9.17, 15) is 4.79 Å². The fourth-order valence-electron chi connectivity index (χ4n) is 5.11. The minimum absolute atomic E-state index is 0.00788. The molecule has 3 aliphatic rings. The van der Waals surface area contributed by atoms with Gasteiger partial charge in [0.1, 0.15) is 0 Å². The lowest BCUT2D eigenvalue weighted by atomic mass is 9.77. The quantitative estimate of drug-likeness (QED) is 0.897. The first kappa shape index (κ1) is 17.8. The van der Waals surface area contributed by atoms with Gasteiger partial charge in [0.25, 0.3) is 0 Å². The van der Waals surface area contributed by atoms with Gasteiger partial charge in [-0.3, -0.25) is 4.90 Å². The highest BCUT2D eigenvalue weighted by Crippen LogP contribution is 2.43. The fourth-order valence-corrected chi connectivity index (χ4v) is 5.11. The summed E-state index contributed by atoms with van der Waals surface area (Å²) in [6.45, 7) is 0.532. The van der Waals surface area contributed by atoms with Crippen LogP contribution in [-0.2, 0) is 9.47 Å². The Kier molecular flexibility index (Phi) is 5.18. The number of methoxy groups -OCH3 is 1.